The van der Waals surface area contributed by atoms with E-state index in [4.69, 9.17) is 4.98 Å². The van der Waals surface area contributed by atoms with Gasteiger partial charge in [0.2, 0.25) is 17.7 Å². The van der Waals surface area contributed by atoms with E-state index in [-0.39, 0.29) is 52.8 Å². The topological polar surface area (TPSA) is 423 Å². The molecule has 11 N–H and O–H groups in total. The Bertz CT molecular complexity index is 7140. The van der Waals surface area contributed by atoms with Gasteiger partial charge in [0, 0.05) is 125 Å². The van der Waals surface area contributed by atoms with E-state index >= 15 is 0 Å². The number of carbonyl (C=O) groups excluding carboxylic acids is 3. The standard InChI is InChI=1S/C24H23N7O.C24H23N7.C23H21N7O.C22H19N7O.4CH4/c1-24(2,3)10-21(32)27-16-8-15(11-26-12-16)14-4-5-18-17(9-14)22(31-30-18)23-28-19-6-7-25-13-20(19)29-23;1-2-8-31(9-3-1)15-16-10-18(13-26-12-16)17-4-5-20-19(11-17)23(30-29-20)24-27-21-6-7-25-14-22(21)28-24;1-2-3-4-21(31)26-16-9-15(11-25-12-16)14-5-6-18-17(10-14)22(30-29-18)23-27-19-7-8-24-13-20(19)28-23;1-2-3-20(30)25-15-8-14(10-24-11-15)13-4-5-17-16(9-13)21(29-28-17)22-26-18-6-7-23-12-19(18)27-22;;;;/h4-9,11-13H,10H2,1-3H3,(H,27,32)(H,28,29)(H,30,31);4-7,10-14H,1-3,8-9,15H2,(H,27,28)(H,29,30);5-13H,2-4H2,1H3,(H,26,31)(H,27,28)(H,29,30);4-12H,2-3H2,1H3,(H,25,30)(H,26,27)(H,28,29);4*1H4. The molecule has 1 fully saturated rings. The summed E-state index contributed by atoms with van der Waals surface area (Å²) in [5.74, 6) is 2.75. The lowest BCUT2D eigenvalue weighted by Gasteiger charge is -2.26. The van der Waals surface area contributed by atoms with Crippen LogP contribution in [-0.4, -0.2) is 156 Å². The largest absolute Gasteiger partial charge is 0.335 e. The van der Waals surface area contributed by atoms with Gasteiger partial charge in [-0.1, -0.05) is 101 Å². The minimum absolute atomic E-state index is 0. The lowest BCUT2D eigenvalue weighted by molar-refractivity contribution is -0.118. The number of pyridine rings is 8. The molecular weight excluding hydrogens is 1610 g/mol. The van der Waals surface area contributed by atoms with E-state index in [2.05, 4.69) is 180 Å². The molecule has 0 radical (unpaired) electrons. The summed E-state index contributed by atoms with van der Waals surface area (Å²) in [7, 11) is 0. The fraction of sp³-hybridized carbons (Fsp3) is 0.227. The highest BCUT2D eigenvalue weighted by molar-refractivity contribution is 6.01. The number of nitrogens with zero attached hydrogens (tertiary/aromatic N) is 17. The van der Waals surface area contributed by atoms with Crippen LogP contribution in [0.5, 0.6) is 0 Å². The average molecular weight is 1710 g/mol. The van der Waals surface area contributed by atoms with Crippen LogP contribution in [0, 0.1) is 5.41 Å². The summed E-state index contributed by atoms with van der Waals surface area (Å²) in [5.41, 5.74) is 24.7. The summed E-state index contributed by atoms with van der Waals surface area (Å²) in [6.45, 7) is 13.5. The molecule has 0 unspecified atom stereocenters. The van der Waals surface area contributed by atoms with Gasteiger partial charge in [-0.05, 0) is 169 Å². The number of unbranched alkanes of at least 4 members (excludes halogenated alkanes) is 1. The monoisotopic (exact) mass is 1710 g/mol. The Balaban J connectivity index is 0.000000137. The van der Waals surface area contributed by atoms with Crippen LogP contribution in [0.2, 0.25) is 0 Å². The van der Waals surface area contributed by atoms with E-state index in [0.29, 0.717) is 53.8 Å². The highest BCUT2D eigenvalue weighted by atomic mass is 16.2. The number of piperidine rings is 1. The van der Waals surface area contributed by atoms with Crippen molar-refractivity contribution >= 4 is 123 Å². The number of carbonyl (C=O) groups is 3. The fourth-order valence-electron chi connectivity index (χ4n) is 15.2. The van der Waals surface area contributed by atoms with Crippen LogP contribution in [0.25, 0.3) is 178 Å². The Labute approximate surface area is 738 Å². The van der Waals surface area contributed by atoms with E-state index in [1.807, 2.05) is 125 Å². The van der Waals surface area contributed by atoms with Crippen LogP contribution in [0.15, 0.2) is 220 Å². The minimum Gasteiger partial charge on any atom is -0.335 e. The Kier molecular flexibility index (Phi) is 27.2. The van der Waals surface area contributed by atoms with Crippen molar-refractivity contribution in [2.45, 2.75) is 129 Å². The second kappa shape index (κ2) is 39.4. The Morgan fingerprint density at radius 2 is 0.672 bits per heavy atom. The van der Waals surface area contributed by atoms with E-state index in [1.54, 1.807) is 86.8 Å². The van der Waals surface area contributed by atoms with E-state index in [0.717, 1.165) is 187 Å². The lowest BCUT2D eigenvalue weighted by atomic mass is 9.92. The van der Waals surface area contributed by atoms with Crippen LogP contribution >= 0.6 is 0 Å². The van der Waals surface area contributed by atoms with Gasteiger partial charge >= 0.3 is 0 Å². The summed E-state index contributed by atoms with van der Waals surface area (Å²) in [4.78, 5) is 105. The number of fused-ring (bicyclic) bond motifs is 8. The summed E-state index contributed by atoms with van der Waals surface area (Å²) in [5, 5.41) is 42.9. The molecule has 128 heavy (non-hydrogen) atoms. The third-order valence-corrected chi connectivity index (χ3v) is 21.3. The third-order valence-electron chi connectivity index (χ3n) is 21.3. The highest BCUT2D eigenvalue weighted by Crippen LogP contribution is 2.37. The molecule has 0 atom stereocenters. The van der Waals surface area contributed by atoms with Gasteiger partial charge in [0.15, 0.2) is 23.3 Å². The van der Waals surface area contributed by atoms with Gasteiger partial charge in [0.1, 0.15) is 22.8 Å². The second-order valence-corrected chi connectivity index (χ2v) is 31.8. The minimum atomic E-state index is -0.0788. The molecule has 1 aliphatic heterocycles. The van der Waals surface area contributed by atoms with Gasteiger partial charge in [0.05, 0.1) is 127 Å². The Morgan fingerprint density at radius 1 is 0.344 bits per heavy atom. The van der Waals surface area contributed by atoms with Crippen LogP contribution in [0.4, 0.5) is 17.1 Å². The van der Waals surface area contributed by atoms with Crippen LogP contribution in [-0.2, 0) is 20.9 Å². The molecule has 31 heteroatoms. The van der Waals surface area contributed by atoms with Crippen LogP contribution in [0.1, 0.15) is 128 Å². The third kappa shape index (κ3) is 20.0. The van der Waals surface area contributed by atoms with Crippen molar-refractivity contribution in [3.63, 3.8) is 0 Å². The zero-order valence-electron chi connectivity index (χ0n) is 68.6. The first-order valence-corrected chi connectivity index (χ1v) is 41.2. The lowest BCUT2D eigenvalue weighted by Crippen LogP contribution is -2.29. The summed E-state index contributed by atoms with van der Waals surface area (Å²) >= 11 is 0. The molecule has 20 aromatic rings. The summed E-state index contributed by atoms with van der Waals surface area (Å²) < 4.78 is 0. The number of hydrogen-bond donors (Lipinski definition) is 11. The van der Waals surface area contributed by atoms with E-state index in [9.17, 15) is 14.4 Å². The quantitative estimate of drug-likeness (QED) is 0.0358. The number of anilines is 3. The first-order chi connectivity index (χ1) is 60.6. The molecule has 0 bridgehead atoms. The SMILES string of the molecule is C.C.C.C.CC(C)(C)CC(=O)Nc1cncc(-c2ccc3[nH]nc(-c4nc5ccncc5[nH]4)c3c2)c1.CCCC(=O)Nc1cncc(-c2ccc3[nH]nc(-c4nc5ccncc5[nH]4)c3c2)c1.CCCCC(=O)Nc1cncc(-c2ccc3[nH]nc(-c4nc5ccncc5[nH]4)c3c2)c1.c1cc2nc(-c3n[nH]c4ccc(-c5cncc(CN6CCCCC6)c5)cc34)[nH]c2cn1. The smallest absolute Gasteiger partial charge is 0.224 e. The molecular formula is C97H102N28O3. The van der Waals surface area contributed by atoms with Crippen LogP contribution in [0.3, 0.4) is 0 Å². The number of rotatable bonds is 19. The number of likely N-dealkylation sites (tertiary alicyclic amines) is 1. The zero-order chi connectivity index (χ0) is 84.6. The van der Waals surface area contributed by atoms with Gasteiger partial charge in [-0.25, -0.2) is 19.9 Å². The summed E-state index contributed by atoms with van der Waals surface area (Å²) in [6, 6.07) is 40.0. The molecule has 31 nitrogen and oxygen atoms in total. The Morgan fingerprint density at radius 3 is 1.00 bits per heavy atom. The number of aromatic nitrogens is 24. The number of hydrogen-bond acceptors (Lipinski definition) is 20. The maximum absolute atomic E-state index is 12.3. The molecule has 1 saturated heterocycles. The highest BCUT2D eigenvalue weighted by Gasteiger charge is 2.22. The normalized spacial score (nSPS) is 12.0. The molecule has 648 valence electrons. The number of benzene rings is 4. The van der Waals surface area contributed by atoms with Gasteiger partial charge in [-0.15, -0.1) is 0 Å². The maximum Gasteiger partial charge on any atom is 0.224 e. The average Bonchev–Trinajstić information content (AvgIpc) is 1.64. The van der Waals surface area contributed by atoms with Crippen molar-refractivity contribution in [1.82, 2.24) is 125 Å². The van der Waals surface area contributed by atoms with E-state index < -0.39 is 0 Å². The van der Waals surface area contributed by atoms with Crippen molar-refractivity contribution in [3.05, 3.63) is 226 Å². The predicted molar refractivity (Wildman–Crippen MR) is 509 cm³/mol. The molecule has 16 aromatic heterocycles. The van der Waals surface area contributed by atoms with Crippen molar-refractivity contribution in [1.29, 1.82) is 0 Å². The summed E-state index contributed by atoms with van der Waals surface area (Å²) in [6.07, 6.45) is 36.2. The van der Waals surface area contributed by atoms with E-state index in [1.165, 1.54) is 37.9 Å². The molecule has 0 aliphatic carbocycles. The van der Waals surface area contributed by atoms with Crippen molar-refractivity contribution < 1.29 is 14.4 Å². The molecule has 21 rings (SSSR count). The van der Waals surface area contributed by atoms with Gasteiger partial charge in [-0.2, -0.15) is 20.4 Å². The molecule has 17 heterocycles. The number of H-pyrrole nitrogens is 8. The number of imidazole rings is 4. The fourth-order valence-corrected chi connectivity index (χ4v) is 15.2. The maximum atomic E-state index is 12.3. The molecule has 3 amide bonds. The second-order valence-electron chi connectivity index (χ2n) is 31.8. The van der Waals surface area contributed by atoms with Crippen molar-refractivity contribution in [3.8, 4) is 90.6 Å². The number of amides is 3. The van der Waals surface area contributed by atoms with Crippen LogP contribution < -0.4 is 16.0 Å². The predicted octanol–water partition coefficient (Wildman–Crippen LogP) is 21.0. The first-order valence-electron chi connectivity index (χ1n) is 41.2. The van der Waals surface area contributed by atoms with Crippen molar-refractivity contribution in [2.75, 3.05) is 29.0 Å². The number of aromatic amines is 8. The molecule has 4 aromatic carbocycles. The molecule has 0 spiro atoms. The number of nitrogens with one attached hydrogen (secondary N) is 11. The molecule has 0 saturated carbocycles. The van der Waals surface area contributed by atoms with Crippen molar-refractivity contribution in [2.24, 2.45) is 5.41 Å². The van der Waals surface area contributed by atoms with Gasteiger partial charge < -0.3 is 35.9 Å². The molecule has 1 aliphatic rings. The van der Waals surface area contributed by atoms with Gasteiger partial charge in [0.25, 0.3) is 0 Å². The van der Waals surface area contributed by atoms with Gasteiger partial charge in [-0.3, -0.25) is 79.6 Å². The zero-order valence-corrected chi connectivity index (χ0v) is 68.6. The first kappa shape index (κ1) is 88.5. The Hall–Kier alpha value is -15.8.